The van der Waals surface area contributed by atoms with Gasteiger partial charge in [0.25, 0.3) is 0 Å². The number of nitrogens with one attached hydrogen (secondary N) is 1. The second-order valence-corrected chi connectivity index (χ2v) is 8.09. The fraction of sp³-hybridized carbons (Fsp3) is 0.320. The lowest BCUT2D eigenvalue weighted by Crippen LogP contribution is -2.12. The van der Waals surface area contributed by atoms with Crippen LogP contribution in [0.3, 0.4) is 0 Å². The molecule has 4 aromatic rings. The molecular formula is C25H27N5. The Balaban J connectivity index is 1.59. The zero-order valence-electron chi connectivity index (χ0n) is 17.4. The molecule has 5 rings (SSSR count). The Morgan fingerprint density at radius 1 is 1.03 bits per heavy atom. The van der Waals surface area contributed by atoms with Gasteiger partial charge in [0.05, 0.1) is 11.9 Å². The third kappa shape index (κ3) is 3.67. The fourth-order valence-corrected chi connectivity index (χ4v) is 4.44. The van der Waals surface area contributed by atoms with Gasteiger partial charge in [0.2, 0.25) is 5.95 Å². The number of hydrogen-bond acceptors (Lipinski definition) is 4. The molecule has 1 aromatic carbocycles. The average molecular weight is 398 g/mol. The van der Waals surface area contributed by atoms with E-state index < -0.39 is 0 Å². The Morgan fingerprint density at radius 3 is 2.60 bits per heavy atom. The molecule has 0 bridgehead atoms. The van der Waals surface area contributed by atoms with Crippen molar-refractivity contribution in [2.75, 3.05) is 5.32 Å². The van der Waals surface area contributed by atoms with Crippen LogP contribution in [0.2, 0.25) is 0 Å². The van der Waals surface area contributed by atoms with Crippen LogP contribution in [0.4, 0.5) is 11.6 Å². The maximum absolute atomic E-state index is 4.94. The highest BCUT2D eigenvalue weighted by molar-refractivity contribution is 5.94. The highest BCUT2D eigenvalue weighted by Crippen LogP contribution is 2.36. The van der Waals surface area contributed by atoms with Crippen LogP contribution in [0.15, 0.2) is 61.2 Å². The molecule has 0 unspecified atom stereocenters. The number of aromatic nitrogens is 4. The molecule has 3 heterocycles. The van der Waals surface area contributed by atoms with Crippen molar-refractivity contribution < 1.29 is 0 Å². The minimum Gasteiger partial charge on any atom is -0.329 e. The van der Waals surface area contributed by atoms with Crippen LogP contribution in [-0.4, -0.2) is 19.5 Å². The number of rotatable bonds is 5. The topological polar surface area (TPSA) is 55.6 Å². The molecule has 1 N–H and O–H groups in total. The Morgan fingerprint density at radius 2 is 1.87 bits per heavy atom. The number of anilines is 2. The summed E-state index contributed by atoms with van der Waals surface area (Å²) in [6.07, 6.45) is 15.2. The monoisotopic (exact) mass is 397 g/mol. The van der Waals surface area contributed by atoms with Gasteiger partial charge in [-0.15, -0.1) is 0 Å². The van der Waals surface area contributed by atoms with Gasteiger partial charge in [-0.05, 0) is 42.5 Å². The minimum absolute atomic E-state index is 0.506. The van der Waals surface area contributed by atoms with Gasteiger partial charge in [0.1, 0.15) is 5.65 Å². The van der Waals surface area contributed by atoms with Crippen LogP contribution in [0.1, 0.15) is 50.6 Å². The molecule has 0 spiro atoms. The van der Waals surface area contributed by atoms with Gasteiger partial charge in [-0.1, -0.05) is 50.5 Å². The van der Waals surface area contributed by atoms with E-state index >= 15 is 0 Å². The lowest BCUT2D eigenvalue weighted by atomic mass is 9.95. The summed E-state index contributed by atoms with van der Waals surface area (Å²) >= 11 is 0. The third-order valence-corrected chi connectivity index (χ3v) is 6.13. The first-order chi connectivity index (χ1) is 14.8. The van der Waals surface area contributed by atoms with Gasteiger partial charge < -0.3 is 9.88 Å². The first kappa shape index (κ1) is 18.8. The Hall–Kier alpha value is -3.21. The number of nitrogens with zero attached hydrogens (tertiary/aromatic N) is 4. The lowest BCUT2D eigenvalue weighted by Gasteiger charge is -2.23. The van der Waals surface area contributed by atoms with E-state index in [9.17, 15) is 0 Å². The molecule has 1 fully saturated rings. The van der Waals surface area contributed by atoms with Crippen LogP contribution in [0, 0.1) is 0 Å². The third-order valence-electron chi connectivity index (χ3n) is 6.13. The van der Waals surface area contributed by atoms with E-state index in [0.29, 0.717) is 12.0 Å². The van der Waals surface area contributed by atoms with Crippen LogP contribution >= 0.6 is 0 Å². The first-order valence-electron chi connectivity index (χ1n) is 11.0. The van der Waals surface area contributed by atoms with Crippen molar-refractivity contribution in [1.29, 1.82) is 0 Å². The summed E-state index contributed by atoms with van der Waals surface area (Å²) in [5, 5.41) is 4.40. The zero-order valence-corrected chi connectivity index (χ0v) is 17.4. The molecule has 3 aromatic heterocycles. The van der Waals surface area contributed by atoms with Crippen LogP contribution < -0.4 is 5.32 Å². The number of aryl methyl sites for hydroxylation is 1. The molecule has 152 valence electrons. The van der Waals surface area contributed by atoms with E-state index in [2.05, 4.69) is 57.2 Å². The van der Waals surface area contributed by atoms with Gasteiger partial charge in [-0.25, -0.2) is 4.98 Å². The zero-order chi connectivity index (χ0) is 20.3. The van der Waals surface area contributed by atoms with E-state index in [0.717, 1.165) is 23.1 Å². The molecule has 5 nitrogen and oxygen atoms in total. The molecule has 1 aliphatic rings. The number of fused-ring (bicyclic) bond motifs is 1. The second kappa shape index (κ2) is 8.27. The quantitative estimate of drug-likeness (QED) is 0.429. The van der Waals surface area contributed by atoms with E-state index in [4.69, 9.17) is 4.98 Å². The predicted molar refractivity (Wildman–Crippen MR) is 122 cm³/mol. The van der Waals surface area contributed by atoms with Crippen LogP contribution in [0.5, 0.6) is 0 Å². The van der Waals surface area contributed by atoms with Crippen molar-refractivity contribution in [2.24, 2.45) is 0 Å². The molecule has 0 atom stereocenters. The molecule has 0 amide bonds. The van der Waals surface area contributed by atoms with Crippen molar-refractivity contribution in [2.45, 2.75) is 51.5 Å². The average Bonchev–Trinajstić information content (AvgIpc) is 3.19. The summed E-state index contributed by atoms with van der Waals surface area (Å²) in [6, 6.07) is 13.3. The summed E-state index contributed by atoms with van der Waals surface area (Å²) in [5.74, 6) is 0.610. The molecular weight excluding hydrogens is 370 g/mol. The van der Waals surface area contributed by atoms with Gasteiger partial charge in [0.15, 0.2) is 0 Å². The van der Waals surface area contributed by atoms with Crippen molar-refractivity contribution >= 4 is 22.7 Å². The molecule has 0 saturated heterocycles. The molecule has 5 heteroatoms. The number of hydrogen-bond donors (Lipinski definition) is 1. The van der Waals surface area contributed by atoms with Crippen molar-refractivity contribution in [3.63, 3.8) is 0 Å². The highest BCUT2D eigenvalue weighted by atomic mass is 15.2. The lowest BCUT2D eigenvalue weighted by molar-refractivity contribution is 0.360. The highest BCUT2D eigenvalue weighted by Gasteiger charge is 2.21. The SMILES string of the molecule is CCc1ccc(-c2cn(C3CCCCC3)c3nc(Nc4cccnc4)ncc23)cc1. The maximum atomic E-state index is 4.94. The van der Waals surface area contributed by atoms with Crippen molar-refractivity contribution in [3.8, 4) is 11.1 Å². The van der Waals surface area contributed by atoms with E-state index in [1.807, 2.05) is 18.3 Å². The summed E-state index contributed by atoms with van der Waals surface area (Å²) in [6.45, 7) is 2.19. The number of benzene rings is 1. The molecule has 0 aliphatic heterocycles. The molecule has 1 saturated carbocycles. The summed E-state index contributed by atoms with van der Waals surface area (Å²) < 4.78 is 2.40. The van der Waals surface area contributed by atoms with Gasteiger partial charge in [-0.2, -0.15) is 4.98 Å². The Bertz CT molecular complexity index is 1130. The smallest absolute Gasteiger partial charge is 0.229 e. The fourth-order valence-electron chi connectivity index (χ4n) is 4.44. The standard InChI is InChI=1S/C25H27N5/c1-2-18-10-12-19(13-11-18)23-17-30(21-8-4-3-5-9-21)24-22(23)16-27-25(29-24)28-20-7-6-14-26-15-20/h6-7,10-17,21H,2-5,8-9H2,1H3,(H,27,28,29). The van der Waals surface area contributed by atoms with E-state index in [-0.39, 0.29) is 0 Å². The van der Waals surface area contributed by atoms with Crippen molar-refractivity contribution in [1.82, 2.24) is 19.5 Å². The minimum atomic E-state index is 0.506. The Labute approximate surface area is 177 Å². The first-order valence-corrected chi connectivity index (χ1v) is 11.0. The summed E-state index contributed by atoms with van der Waals surface area (Å²) in [4.78, 5) is 13.7. The summed E-state index contributed by atoms with van der Waals surface area (Å²) in [5.41, 5.74) is 5.70. The largest absolute Gasteiger partial charge is 0.329 e. The van der Waals surface area contributed by atoms with Gasteiger partial charge in [0, 0.05) is 35.6 Å². The van der Waals surface area contributed by atoms with Gasteiger partial charge in [-0.3, -0.25) is 4.98 Å². The van der Waals surface area contributed by atoms with Gasteiger partial charge >= 0.3 is 0 Å². The molecule has 0 radical (unpaired) electrons. The number of pyridine rings is 1. The normalized spacial score (nSPS) is 14.8. The van der Waals surface area contributed by atoms with E-state index in [1.54, 1.807) is 12.4 Å². The van der Waals surface area contributed by atoms with Crippen molar-refractivity contribution in [3.05, 3.63) is 66.7 Å². The van der Waals surface area contributed by atoms with Crippen LogP contribution in [0.25, 0.3) is 22.2 Å². The Kier molecular flexibility index (Phi) is 5.18. The van der Waals surface area contributed by atoms with E-state index in [1.165, 1.54) is 48.8 Å². The molecule has 30 heavy (non-hydrogen) atoms. The summed E-state index contributed by atoms with van der Waals surface area (Å²) in [7, 11) is 0. The predicted octanol–water partition coefficient (Wildman–Crippen LogP) is 6.30. The second-order valence-electron chi connectivity index (χ2n) is 8.09. The van der Waals surface area contributed by atoms with Crippen LogP contribution in [-0.2, 0) is 6.42 Å². The maximum Gasteiger partial charge on any atom is 0.229 e. The molecule has 1 aliphatic carbocycles.